The number of aliphatic hydroxyl groups excluding tert-OH is 2. The van der Waals surface area contributed by atoms with Gasteiger partial charge in [-0.1, -0.05) is 6.07 Å². The van der Waals surface area contributed by atoms with Crippen molar-refractivity contribution in [1.29, 1.82) is 0 Å². The lowest BCUT2D eigenvalue weighted by Crippen LogP contribution is -2.39. The molecule has 144 valence electrons. The summed E-state index contributed by atoms with van der Waals surface area (Å²) in [6.07, 6.45) is 2.16. The number of carboxylic acid groups (broad SMARTS) is 2. The summed E-state index contributed by atoms with van der Waals surface area (Å²) in [6.45, 7) is 3.80. The highest BCUT2D eigenvalue weighted by Gasteiger charge is 2.31. The number of pyridine rings is 2. The molecule has 0 saturated carbocycles. The molecule has 0 amide bonds. The number of carbonyl (C=O) groups is 3. The maximum atomic E-state index is 12.4. The minimum atomic E-state index is -2.27. The summed E-state index contributed by atoms with van der Waals surface area (Å²) in [6, 6.07) is 7.31. The summed E-state index contributed by atoms with van der Waals surface area (Å²) in [7, 11) is 0. The minimum Gasteiger partial charge on any atom is -0.479 e. The van der Waals surface area contributed by atoms with Gasteiger partial charge in [0.05, 0.1) is 5.41 Å². The molecule has 2 atom stereocenters. The number of hydrogen-bond donors (Lipinski definition) is 4. The number of aromatic nitrogens is 2. The molecule has 0 fully saturated rings. The third-order valence-electron chi connectivity index (χ3n) is 3.68. The first kappa shape index (κ1) is 21.9. The Kier molecular flexibility index (Phi) is 7.70. The quantitative estimate of drug-likeness (QED) is 0.527. The van der Waals surface area contributed by atoms with Gasteiger partial charge in [0.1, 0.15) is 0 Å². The van der Waals surface area contributed by atoms with Crippen molar-refractivity contribution >= 4 is 17.7 Å². The van der Waals surface area contributed by atoms with Crippen LogP contribution in [0.4, 0.5) is 0 Å². The molecule has 0 spiro atoms. The smallest absolute Gasteiger partial charge is 0.335 e. The normalized spacial score (nSPS) is 12.9. The molecule has 2 aromatic rings. The van der Waals surface area contributed by atoms with Crippen molar-refractivity contribution < 1.29 is 34.8 Å². The van der Waals surface area contributed by atoms with Crippen molar-refractivity contribution in [3.05, 3.63) is 60.2 Å². The second-order valence-corrected chi connectivity index (χ2v) is 6.00. The topological polar surface area (TPSA) is 158 Å². The second kappa shape index (κ2) is 9.51. The predicted octanol–water partition coefficient (Wildman–Crippen LogP) is 0.514. The zero-order valence-electron chi connectivity index (χ0n) is 14.7. The second-order valence-electron chi connectivity index (χ2n) is 6.00. The molecule has 0 bridgehead atoms. The lowest BCUT2D eigenvalue weighted by Gasteiger charge is -2.23. The largest absolute Gasteiger partial charge is 0.479 e. The van der Waals surface area contributed by atoms with E-state index in [-0.39, 0.29) is 5.78 Å². The van der Waals surface area contributed by atoms with E-state index in [1.54, 1.807) is 36.9 Å². The van der Waals surface area contributed by atoms with Crippen LogP contribution < -0.4 is 0 Å². The van der Waals surface area contributed by atoms with Crippen molar-refractivity contribution in [3.63, 3.8) is 0 Å². The summed E-state index contributed by atoms with van der Waals surface area (Å²) < 4.78 is 0. The third kappa shape index (κ3) is 5.94. The summed E-state index contributed by atoms with van der Waals surface area (Å²) in [4.78, 5) is 40.0. The first-order valence-electron chi connectivity index (χ1n) is 7.76. The molecule has 9 heteroatoms. The van der Waals surface area contributed by atoms with Gasteiger partial charge in [0.2, 0.25) is 0 Å². The molecule has 0 saturated heterocycles. The maximum absolute atomic E-state index is 12.4. The highest BCUT2D eigenvalue weighted by molar-refractivity contribution is 6.03. The Hall–Kier alpha value is -3.17. The highest BCUT2D eigenvalue weighted by Crippen LogP contribution is 2.26. The molecule has 9 nitrogen and oxygen atoms in total. The van der Waals surface area contributed by atoms with Crippen LogP contribution in [0.5, 0.6) is 0 Å². The zero-order valence-corrected chi connectivity index (χ0v) is 14.7. The van der Waals surface area contributed by atoms with Gasteiger partial charge in [-0.2, -0.15) is 0 Å². The predicted molar refractivity (Wildman–Crippen MR) is 93.1 cm³/mol. The van der Waals surface area contributed by atoms with Crippen LogP contribution in [0.25, 0.3) is 0 Å². The molecule has 27 heavy (non-hydrogen) atoms. The summed E-state index contributed by atoms with van der Waals surface area (Å²) in [5, 5.41) is 32.5. The number of ketones is 1. The molecule has 0 radical (unpaired) electrons. The number of rotatable bonds is 6. The number of nitrogens with zero attached hydrogens (tertiary/aromatic N) is 2. The minimum absolute atomic E-state index is 0.0543. The molecule has 4 N–H and O–H groups in total. The molecule has 2 aromatic heterocycles. The van der Waals surface area contributed by atoms with Crippen molar-refractivity contribution in [2.24, 2.45) is 0 Å². The monoisotopic (exact) mass is 376 g/mol. The van der Waals surface area contributed by atoms with Gasteiger partial charge >= 0.3 is 11.9 Å². The molecule has 2 heterocycles. The van der Waals surface area contributed by atoms with Crippen LogP contribution in [0.3, 0.4) is 0 Å². The molecule has 0 aromatic carbocycles. The Morgan fingerprint density at radius 3 is 1.74 bits per heavy atom. The summed E-state index contributed by atoms with van der Waals surface area (Å²) >= 11 is 0. The molecule has 2 rings (SSSR count). The van der Waals surface area contributed by atoms with Crippen molar-refractivity contribution in [2.45, 2.75) is 31.5 Å². The fraction of sp³-hybridized carbons (Fsp3) is 0.278. The Labute approximate surface area is 155 Å². The van der Waals surface area contributed by atoms with E-state index in [1.165, 1.54) is 0 Å². The van der Waals surface area contributed by atoms with Crippen LogP contribution >= 0.6 is 0 Å². The van der Waals surface area contributed by atoms with E-state index in [0.29, 0.717) is 5.56 Å². The summed E-state index contributed by atoms with van der Waals surface area (Å²) in [5.41, 5.74) is 0.951. The van der Waals surface area contributed by atoms with Gasteiger partial charge < -0.3 is 20.4 Å². The van der Waals surface area contributed by atoms with Crippen molar-refractivity contribution in [1.82, 2.24) is 9.97 Å². The van der Waals surface area contributed by atoms with Crippen molar-refractivity contribution in [3.8, 4) is 0 Å². The lowest BCUT2D eigenvalue weighted by atomic mass is 9.79. The number of aliphatic hydroxyl groups is 2. The van der Waals surface area contributed by atoms with Crippen molar-refractivity contribution in [2.75, 3.05) is 0 Å². The van der Waals surface area contributed by atoms with Crippen LogP contribution in [-0.4, -0.2) is 60.3 Å². The third-order valence-corrected chi connectivity index (χ3v) is 3.68. The first-order valence-corrected chi connectivity index (χ1v) is 7.76. The van der Waals surface area contributed by atoms with E-state index in [9.17, 15) is 14.4 Å². The summed E-state index contributed by atoms with van der Waals surface area (Å²) in [5.74, 6) is -3.48. The average molecular weight is 376 g/mol. The Balaban J connectivity index is 0.000000314. The molecule has 2 unspecified atom stereocenters. The molecule has 0 aliphatic rings. The number of carboxylic acids is 2. The maximum Gasteiger partial charge on any atom is 0.335 e. The fourth-order valence-corrected chi connectivity index (χ4v) is 1.99. The molecule has 0 aliphatic heterocycles. The lowest BCUT2D eigenvalue weighted by molar-refractivity contribution is -0.165. The van der Waals surface area contributed by atoms with Gasteiger partial charge in [0.15, 0.2) is 18.0 Å². The first-order chi connectivity index (χ1) is 12.6. The van der Waals surface area contributed by atoms with Crippen LogP contribution in [0.15, 0.2) is 49.1 Å². The standard InChI is InChI=1S/C14H14N2O.C4H6O6/c1-14(2,12-6-4-8-16-10-12)13(17)11-5-3-7-15-9-11;5-1(3(7)8)2(6)4(9)10/h3-10H,1-2H3;1-2,5-6H,(H,7,8)(H,9,10). The van der Waals surface area contributed by atoms with E-state index in [2.05, 4.69) is 9.97 Å². The number of hydrogen-bond acceptors (Lipinski definition) is 7. The molecular formula is C18H20N2O7. The van der Waals surface area contributed by atoms with Gasteiger partial charge in [-0.05, 0) is 37.6 Å². The number of Topliss-reactive ketones (excluding diaryl/α,β-unsaturated/α-hetero) is 1. The molecule has 0 aliphatic carbocycles. The van der Waals surface area contributed by atoms with Gasteiger partial charge in [-0.25, -0.2) is 9.59 Å². The average Bonchev–Trinajstić information content (AvgIpc) is 2.67. The number of aliphatic carboxylic acids is 2. The Morgan fingerprint density at radius 2 is 1.37 bits per heavy atom. The van der Waals surface area contributed by atoms with E-state index in [1.807, 2.05) is 26.0 Å². The Bertz CT molecular complexity index is 761. The van der Waals surface area contributed by atoms with E-state index >= 15 is 0 Å². The zero-order chi connectivity index (χ0) is 20.6. The van der Waals surface area contributed by atoms with Crippen LogP contribution in [-0.2, 0) is 15.0 Å². The van der Waals surface area contributed by atoms with Gasteiger partial charge in [0, 0.05) is 30.4 Å². The highest BCUT2D eigenvalue weighted by atomic mass is 16.4. The van der Waals surface area contributed by atoms with Gasteiger partial charge in [-0.3, -0.25) is 14.8 Å². The van der Waals surface area contributed by atoms with Gasteiger partial charge in [-0.15, -0.1) is 0 Å². The fourth-order valence-electron chi connectivity index (χ4n) is 1.99. The van der Waals surface area contributed by atoms with Gasteiger partial charge in [0.25, 0.3) is 0 Å². The van der Waals surface area contributed by atoms with Crippen LogP contribution in [0, 0.1) is 0 Å². The SMILES string of the molecule is CC(C)(C(=O)c1cccnc1)c1cccnc1.O=C(O)C(O)C(O)C(=O)O. The van der Waals surface area contributed by atoms with E-state index < -0.39 is 29.6 Å². The van der Waals surface area contributed by atoms with Crippen LogP contribution in [0.2, 0.25) is 0 Å². The van der Waals surface area contributed by atoms with E-state index in [0.717, 1.165) is 5.56 Å². The Morgan fingerprint density at radius 1 is 0.889 bits per heavy atom. The van der Waals surface area contributed by atoms with Crippen LogP contribution in [0.1, 0.15) is 29.8 Å². The molecular weight excluding hydrogens is 356 g/mol. The number of carbonyl (C=O) groups excluding carboxylic acids is 1. The van der Waals surface area contributed by atoms with E-state index in [4.69, 9.17) is 20.4 Å².